The zero-order valence-corrected chi connectivity index (χ0v) is 32.1. The van der Waals surface area contributed by atoms with E-state index in [9.17, 15) is 9.90 Å². The smallest absolute Gasteiger partial charge is 0.329 e. The van der Waals surface area contributed by atoms with E-state index in [1.807, 2.05) is 66.2 Å². The van der Waals surface area contributed by atoms with Crippen LogP contribution in [0.3, 0.4) is 0 Å². The number of ether oxygens (including phenoxy) is 2. The zero-order chi connectivity index (χ0) is 36.3. The highest BCUT2D eigenvalue weighted by Crippen LogP contribution is 2.57. The Hall–Kier alpha value is -3.69. The van der Waals surface area contributed by atoms with Gasteiger partial charge in [-0.1, -0.05) is 37.6 Å². The number of nitrogens with zero attached hydrogens (tertiary/aromatic N) is 3. The van der Waals surface area contributed by atoms with Crippen molar-refractivity contribution in [3.63, 3.8) is 0 Å². The van der Waals surface area contributed by atoms with Crippen molar-refractivity contribution >= 4 is 35.0 Å². The summed E-state index contributed by atoms with van der Waals surface area (Å²) in [6, 6.07) is 18.1. The van der Waals surface area contributed by atoms with Gasteiger partial charge in [-0.15, -0.1) is 0 Å². The van der Waals surface area contributed by atoms with Gasteiger partial charge in [0.05, 0.1) is 13.2 Å². The third-order valence-corrected chi connectivity index (χ3v) is 13.1. The predicted octanol–water partition coefficient (Wildman–Crippen LogP) is 9.25. The van der Waals surface area contributed by atoms with Crippen molar-refractivity contribution in [2.75, 3.05) is 24.3 Å². The SMILES string of the molecule is C[C@@H](COc1ccnc2c1[C@H](C)CCC2)CC1Cc2ccc(OCCSCc3ccnn3C)cc2C12CCC(Nc1cccc(Cl)c1)(C(=O)O)CC2. The number of carboxylic acids is 1. The lowest BCUT2D eigenvalue weighted by molar-refractivity contribution is -0.144. The van der Waals surface area contributed by atoms with E-state index in [0.717, 1.165) is 60.8 Å². The Morgan fingerprint density at radius 3 is 2.73 bits per heavy atom. The highest BCUT2D eigenvalue weighted by Gasteiger charge is 2.54. The number of thioether (sulfide) groups is 1. The number of benzene rings is 2. The minimum absolute atomic E-state index is 0.142. The average Bonchev–Trinajstić information content (AvgIpc) is 3.67. The van der Waals surface area contributed by atoms with Crippen molar-refractivity contribution in [3.05, 3.63) is 100 Å². The molecule has 0 saturated heterocycles. The van der Waals surface area contributed by atoms with Crippen LogP contribution in [-0.2, 0) is 35.9 Å². The fourth-order valence-corrected chi connectivity index (χ4v) is 10.1. The zero-order valence-electron chi connectivity index (χ0n) is 30.6. The monoisotopic (exact) mass is 742 g/mol. The molecule has 1 saturated carbocycles. The van der Waals surface area contributed by atoms with Gasteiger partial charge >= 0.3 is 5.97 Å². The Balaban J connectivity index is 1.08. The summed E-state index contributed by atoms with van der Waals surface area (Å²) in [4.78, 5) is 17.7. The summed E-state index contributed by atoms with van der Waals surface area (Å²) in [6.45, 7) is 5.86. The maximum absolute atomic E-state index is 13.0. The molecule has 3 aliphatic rings. The number of aromatic nitrogens is 3. The molecule has 2 aromatic carbocycles. The van der Waals surface area contributed by atoms with Crippen molar-refractivity contribution in [2.45, 2.75) is 94.3 Å². The summed E-state index contributed by atoms with van der Waals surface area (Å²) in [7, 11) is 1.97. The van der Waals surface area contributed by atoms with Crippen LogP contribution in [0.4, 0.5) is 5.69 Å². The summed E-state index contributed by atoms with van der Waals surface area (Å²) in [5, 5.41) is 18.9. The lowest BCUT2D eigenvalue weighted by Gasteiger charge is -2.47. The van der Waals surface area contributed by atoms with Crippen molar-refractivity contribution in [2.24, 2.45) is 18.9 Å². The standard InChI is InChI=1S/C42H51ClN4O4S/c1-28(26-51-38-13-18-44-37-9-4-6-29(2)39(37)38)22-31-23-30-10-11-35(50-20-21-52-27-34-12-19-45-47(34)3)25-36(30)41(31)14-16-42(17-15-41,40(48)49)46-33-8-5-7-32(43)24-33/h5,7-8,10-13,18-19,24-25,28-29,31,46H,4,6,9,14-17,20-23,26-27H2,1-3H3,(H,48,49)/t28-,29-,31?,41?,42?/m1/s1. The van der Waals surface area contributed by atoms with E-state index in [1.54, 1.807) is 0 Å². The van der Waals surface area contributed by atoms with E-state index in [-0.39, 0.29) is 5.41 Å². The van der Waals surface area contributed by atoms with Gasteiger partial charge in [-0.25, -0.2) is 4.79 Å². The summed E-state index contributed by atoms with van der Waals surface area (Å²) in [5.41, 5.74) is 5.91. The first-order valence-corrected chi connectivity index (χ1v) is 20.4. The number of carboxylic acid groups (broad SMARTS) is 1. The van der Waals surface area contributed by atoms with Gasteiger partial charge < -0.3 is 19.9 Å². The Labute approximate surface area is 317 Å². The largest absolute Gasteiger partial charge is 0.493 e. The molecule has 0 amide bonds. The van der Waals surface area contributed by atoms with Crippen molar-refractivity contribution < 1.29 is 19.4 Å². The average molecular weight is 743 g/mol. The van der Waals surface area contributed by atoms with Gasteiger partial charge in [-0.2, -0.15) is 16.9 Å². The minimum atomic E-state index is -1.06. The van der Waals surface area contributed by atoms with Crippen molar-refractivity contribution in [1.29, 1.82) is 0 Å². The summed E-state index contributed by atoms with van der Waals surface area (Å²) < 4.78 is 14.9. The Morgan fingerprint density at radius 2 is 1.96 bits per heavy atom. The van der Waals surface area contributed by atoms with E-state index in [1.165, 1.54) is 40.9 Å². The molecule has 2 N–H and O–H groups in total. The van der Waals surface area contributed by atoms with E-state index >= 15 is 0 Å². The fourth-order valence-electron chi connectivity index (χ4n) is 9.10. The lowest BCUT2D eigenvalue weighted by Crippen LogP contribution is -2.53. The minimum Gasteiger partial charge on any atom is -0.493 e. The molecule has 3 aliphatic carbocycles. The molecule has 2 aromatic heterocycles. The number of anilines is 1. The quantitative estimate of drug-likeness (QED) is 0.124. The van der Waals surface area contributed by atoms with Crippen LogP contribution in [-0.4, -0.2) is 50.3 Å². The van der Waals surface area contributed by atoms with E-state index in [0.29, 0.717) is 48.8 Å². The summed E-state index contributed by atoms with van der Waals surface area (Å²) in [5.74, 6) is 4.00. The highest BCUT2D eigenvalue weighted by molar-refractivity contribution is 7.98. The molecule has 0 bridgehead atoms. The first-order chi connectivity index (χ1) is 25.2. The Kier molecular flexibility index (Phi) is 11.1. The Morgan fingerprint density at radius 1 is 1.12 bits per heavy atom. The number of nitrogens with one attached hydrogen (secondary N) is 1. The van der Waals surface area contributed by atoms with Crippen LogP contribution in [0, 0.1) is 11.8 Å². The second-order valence-electron chi connectivity index (χ2n) is 15.4. The number of fused-ring (bicyclic) bond motifs is 3. The van der Waals surface area contributed by atoms with Gasteiger partial charge in [-0.3, -0.25) is 9.67 Å². The molecule has 3 atom stereocenters. The van der Waals surface area contributed by atoms with E-state index < -0.39 is 11.5 Å². The van der Waals surface area contributed by atoms with Gasteiger partial charge in [0.25, 0.3) is 0 Å². The van der Waals surface area contributed by atoms with Crippen LogP contribution in [0.15, 0.2) is 67.0 Å². The molecule has 10 heteroatoms. The van der Waals surface area contributed by atoms with Crippen LogP contribution in [0.25, 0.3) is 0 Å². The number of aliphatic carboxylic acids is 1. The number of halogens is 1. The highest BCUT2D eigenvalue weighted by atomic mass is 35.5. The number of aryl methyl sites for hydroxylation is 2. The normalized spacial score (nSPS) is 24.2. The Bertz CT molecular complexity index is 1870. The molecule has 4 aromatic rings. The second-order valence-corrected chi connectivity index (χ2v) is 16.9. The maximum atomic E-state index is 13.0. The van der Waals surface area contributed by atoms with Crippen LogP contribution < -0.4 is 14.8 Å². The molecule has 0 radical (unpaired) electrons. The fraction of sp³-hybridized carbons (Fsp3) is 0.500. The van der Waals surface area contributed by atoms with Gasteiger partial charge in [0.2, 0.25) is 0 Å². The van der Waals surface area contributed by atoms with Gasteiger partial charge in [0.15, 0.2) is 0 Å². The number of carbonyl (C=O) groups is 1. The second kappa shape index (κ2) is 15.7. The molecule has 2 heterocycles. The first kappa shape index (κ1) is 36.7. The van der Waals surface area contributed by atoms with Crippen LogP contribution >= 0.6 is 23.4 Å². The first-order valence-electron chi connectivity index (χ1n) is 18.8. The van der Waals surface area contributed by atoms with Gasteiger partial charge in [-0.05, 0) is 135 Å². The number of rotatable bonds is 14. The van der Waals surface area contributed by atoms with Gasteiger partial charge in [0, 0.05) is 58.6 Å². The molecule has 276 valence electrons. The number of hydrogen-bond acceptors (Lipinski definition) is 7. The van der Waals surface area contributed by atoms with E-state index in [2.05, 4.69) is 53.5 Å². The van der Waals surface area contributed by atoms with Crippen LogP contribution in [0.1, 0.15) is 92.8 Å². The maximum Gasteiger partial charge on any atom is 0.329 e. The molecular formula is C42H51ClN4O4S. The molecular weight excluding hydrogens is 692 g/mol. The van der Waals surface area contributed by atoms with E-state index in [4.69, 9.17) is 21.1 Å². The molecule has 1 unspecified atom stereocenters. The third-order valence-electron chi connectivity index (χ3n) is 11.9. The topological polar surface area (TPSA) is 98.5 Å². The molecule has 0 aliphatic heterocycles. The molecule has 8 nitrogen and oxygen atoms in total. The molecule has 1 fully saturated rings. The third kappa shape index (κ3) is 7.67. The van der Waals surface area contributed by atoms with Gasteiger partial charge in [0.1, 0.15) is 17.0 Å². The van der Waals surface area contributed by atoms with Crippen LogP contribution in [0.5, 0.6) is 11.5 Å². The summed E-state index contributed by atoms with van der Waals surface area (Å²) >= 11 is 8.14. The summed E-state index contributed by atoms with van der Waals surface area (Å²) in [6.07, 6.45) is 11.7. The predicted molar refractivity (Wildman–Crippen MR) is 209 cm³/mol. The van der Waals surface area contributed by atoms with Crippen LogP contribution in [0.2, 0.25) is 5.02 Å². The van der Waals surface area contributed by atoms with Crippen molar-refractivity contribution in [3.8, 4) is 11.5 Å². The molecule has 7 rings (SSSR count). The number of pyridine rings is 1. The molecule has 1 spiro atoms. The molecule has 52 heavy (non-hydrogen) atoms. The lowest BCUT2D eigenvalue weighted by atomic mass is 9.59. The number of hydrogen-bond donors (Lipinski definition) is 2. The van der Waals surface area contributed by atoms with Crippen molar-refractivity contribution in [1.82, 2.24) is 14.8 Å².